The molecule has 3 aromatic rings. The molecule has 0 bridgehead atoms. The second-order valence-corrected chi connectivity index (χ2v) is 12.4. The van der Waals surface area contributed by atoms with E-state index < -0.39 is 26.2 Å². The third kappa shape index (κ3) is 5.10. The number of amides is 1. The number of pyridine rings is 1. The summed E-state index contributed by atoms with van der Waals surface area (Å²) in [6, 6.07) is 10.2. The van der Waals surface area contributed by atoms with Gasteiger partial charge in [0, 0.05) is 45.2 Å². The zero-order valence-corrected chi connectivity index (χ0v) is 22.6. The molecular weight excluding hydrogens is 522 g/mol. The van der Waals surface area contributed by atoms with Gasteiger partial charge in [-0.1, -0.05) is 12.1 Å². The maximum Gasteiger partial charge on any atom is 0.263 e. The molecule has 1 aromatic carbocycles. The molecule has 1 saturated carbocycles. The van der Waals surface area contributed by atoms with E-state index in [4.69, 9.17) is 10.00 Å². The van der Waals surface area contributed by atoms with Gasteiger partial charge in [0.1, 0.15) is 22.4 Å². The van der Waals surface area contributed by atoms with E-state index in [-0.39, 0.29) is 24.6 Å². The molecule has 12 nitrogen and oxygen atoms in total. The lowest BCUT2D eigenvalue weighted by molar-refractivity contribution is 0.0949. The summed E-state index contributed by atoms with van der Waals surface area (Å²) in [4.78, 5) is 28.1. The van der Waals surface area contributed by atoms with Gasteiger partial charge in [-0.2, -0.15) is 14.7 Å². The smallest absolute Gasteiger partial charge is 0.263 e. The fourth-order valence-electron chi connectivity index (χ4n) is 4.67. The lowest BCUT2D eigenvalue weighted by Gasteiger charge is -2.34. The van der Waals surface area contributed by atoms with E-state index in [1.165, 1.54) is 28.2 Å². The number of nitrogens with zero attached hydrogens (tertiary/aromatic N) is 6. The third-order valence-electron chi connectivity index (χ3n) is 7.40. The number of rotatable bonds is 8. The van der Waals surface area contributed by atoms with Crippen molar-refractivity contribution in [2.45, 2.75) is 24.1 Å². The average molecular weight is 552 g/mol. The quantitative estimate of drug-likeness (QED) is 0.425. The first-order valence-corrected chi connectivity index (χ1v) is 14.0. The summed E-state index contributed by atoms with van der Waals surface area (Å²) in [6.45, 7) is 2.32. The van der Waals surface area contributed by atoms with Crippen LogP contribution in [-0.4, -0.2) is 82.9 Å². The van der Waals surface area contributed by atoms with Gasteiger partial charge in [-0.3, -0.25) is 9.59 Å². The molecule has 2 fully saturated rings. The number of nitriles is 1. The van der Waals surface area contributed by atoms with Crippen LogP contribution in [0.3, 0.4) is 0 Å². The number of hydrogen-bond acceptors (Lipinski definition) is 9. The van der Waals surface area contributed by atoms with Crippen LogP contribution in [0.5, 0.6) is 5.88 Å². The first-order chi connectivity index (χ1) is 18.6. The van der Waals surface area contributed by atoms with Gasteiger partial charge in [-0.25, -0.2) is 8.42 Å². The standard InChI is InChI=1S/C26H29N7O5S/c1-31-9-11-33(12-10-31)39(36,37)26(7-8-26)17-38-24-22-20(16-29-30-24)13-21(25(35)32(22)2)23(34)28-15-19-5-3-18(14-27)4-6-19/h3-6,13,16H,7-12,15,17H2,1-2H3,(H,28,34). The molecule has 1 N–H and O–H groups in total. The van der Waals surface area contributed by atoms with Gasteiger partial charge in [0.25, 0.3) is 17.3 Å². The normalized spacial score (nSPS) is 17.5. The predicted molar refractivity (Wildman–Crippen MR) is 143 cm³/mol. The van der Waals surface area contributed by atoms with Crippen molar-refractivity contribution in [3.05, 3.63) is 63.6 Å². The molecule has 0 unspecified atom stereocenters. The Labute approximate surface area is 225 Å². The number of ether oxygens (including phenoxy) is 1. The highest BCUT2D eigenvalue weighted by atomic mass is 32.2. The van der Waals surface area contributed by atoms with Crippen LogP contribution in [0.1, 0.15) is 34.3 Å². The van der Waals surface area contributed by atoms with Crippen molar-refractivity contribution in [2.24, 2.45) is 7.05 Å². The topological polar surface area (TPSA) is 151 Å². The summed E-state index contributed by atoms with van der Waals surface area (Å²) in [6.07, 6.45) is 2.40. The molecule has 5 rings (SSSR count). The van der Waals surface area contributed by atoms with Crippen LogP contribution in [0.25, 0.3) is 10.9 Å². The molecule has 13 heteroatoms. The second kappa shape index (κ2) is 10.4. The van der Waals surface area contributed by atoms with Crippen LogP contribution in [0.2, 0.25) is 0 Å². The molecule has 204 valence electrons. The van der Waals surface area contributed by atoms with Gasteiger partial charge < -0.3 is 19.5 Å². The highest BCUT2D eigenvalue weighted by Gasteiger charge is 2.58. The van der Waals surface area contributed by atoms with Crippen molar-refractivity contribution in [3.8, 4) is 11.9 Å². The average Bonchev–Trinajstić information content (AvgIpc) is 3.75. The molecule has 1 aliphatic carbocycles. The first-order valence-electron chi connectivity index (χ1n) is 12.6. The van der Waals surface area contributed by atoms with Crippen LogP contribution in [0, 0.1) is 11.3 Å². The number of likely N-dealkylation sites (N-methyl/N-ethyl adjacent to an activating group) is 1. The Kier molecular flexibility index (Phi) is 7.11. The van der Waals surface area contributed by atoms with Gasteiger partial charge in [-0.15, -0.1) is 5.10 Å². The van der Waals surface area contributed by atoms with E-state index in [9.17, 15) is 18.0 Å². The number of carbonyl (C=O) groups excluding carboxylic acids is 1. The molecule has 1 saturated heterocycles. The van der Waals surface area contributed by atoms with Crippen molar-refractivity contribution in [3.63, 3.8) is 0 Å². The van der Waals surface area contributed by atoms with E-state index in [0.717, 1.165) is 5.56 Å². The van der Waals surface area contributed by atoms with Gasteiger partial charge in [-0.05, 0) is 43.7 Å². The van der Waals surface area contributed by atoms with Gasteiger partial charge >= 0.3 is 0 Å². The molecule has 3 heterocycles. The minimum Gasteiger partial charge on any atom is -0.473 e. The molecule has 2 aliphatic rings. The highest BCUT2D eigenvalue weighted by molar-refractivity contribution is 7.90. The number of fused-ring (bicyclic) bond motifs is 1. The number of sulfonamides is 1. The van der Waals surface area contributed by atoms with Crippen molar-refractivity contribution in [1.82, 2.24) is 29.3 Å². The van der Waals surface area contributed by atoms with E-state index in [2.05, 4.69) is 20.4 Å². The largest absolute Gasteiger partial charge is 0.473 e. The number of hydrogen-bond donors (Lipinski definition) is 1. The minimum absolute atomic E-state index is 0.0384. The molecular formula is C26H29N7O5S. The van der Waals surface area contributed by atoms with E-state index in [1.807, 2.05) is 13.1 Å². The lowest BCUT2D eigenvalue weighted by Crippen LogP contribution is -2.51. The summed E-state index contributed by atoms with van der Waals surface area (Å²) < 4.78 is 34.5. The molecule has 1 amide bonds. The summed E-state index contributed by atoms with van der Waals surface area (Å²) in [7, 11) is -0.100. The van der Waals surface area contributed by atoms with Crippen LogP contribution >= 0.6 is 0 Å². The van der Waals surface area contributed by atoms with E-state index in [0.29, 0.717) is 55.5 Å². The van der Waals surface area contributed by atoms with E-state index in [1.54, 1.807) is 24.3 Å². The maximum absolute atomic E-state index is 13.4. The molecule has 0 radical (unpaired) electrons. The second-order valence-electron chi connectivity index (χ2n) is 10.0. The molecule has 2 aromatic heterocycles. The lowest BCUT2D eigenvalue weighted by atomic mass is 10.1. The summed E-state index contributed by atoms with van der Waals surface area (Å²) >= 11 is 0. The van der Waals surface area contributed by atoms with Crippen molar-refractivity contribution >= 4 is 26.8 Å². The number of benzene rings is 1. The van der Waals surface area contributed by atoms with E-state index >= 15 is 0 Å². The summed E-state index contributed by atoms with van der Waals surface area (Å²) in [5, 5.41) is 20.1. The Morgan fingerprint density at radius 1 is 1.15 bits per heavy atom. The zero-order chi connectivity index (χ0) is 27.8. The van der Waals surface area contributed by atoms with Crippen molar-refractivity contribution in [1.29, 1.82) is 5.26 Å². The fraction of sp³-hybridized carbons (Fsp3) is 0.423. The van der Waals surface area contributed by atoms with Crippen molar-refractivity contribution in [2.75, 3.05) is 39.8 Å². The first kappa shape index (κ1) is 26.7. The summed E-state index contributed by atoms with van der Waals surface area (Å²) in [5.41, 5.74) is 0.989. The number of aryl methyl sites for hydroxylation is 1. The highest BCUT2D eigenvalue weighted by Crippen LogP contribution is 2.45. The Morgan fingerprint density at radius 2 is 1.85 bits per heavy atom. The Balaban J connectivity index is 1.34. The van der Waals surface area contributed by atoms with Crippen molar-refractivity contribution < 1.29 is 17.9 Å². The molecule has 0 atom stereocenters. The zero-order valence-electron chi connectivity index (χ0n) is 21.8. The van der Waals surface area contributed by atoms with Gasteiger partial charge in [0.2, 0.25) is 10.0 Å². The SMILES string of the molecule is CN1CCN(S(=O)(=O)C2(COc3nncc4cc(C(=O)NCc5ccc(C#N)cc5)c(=O)n(C)c34)CC2)CC1. The van der Waals surface area contributed by atoms with Gasteiger partial charge in [0.05, 0.1) is 17.8 Å². The Morgan fingerprint density at radius 3 is 2.49 bits per heavy atom. The minimum atomic E-state index is -3.57. The fourth-order valence-corrected chi connectivity index (χ4v) is 6.69. The van der Waals surface area contributed by atoms with Crippen LogP contribution in [-0.2, 0) is 23.6 Å². The van der Waals surface area contributed by atoms with Crippen LogP contribution < -0.4 is 15.6 Å². The molecule has 39 heavy (non-hydrogen) atoms. The van der Waals surface area contributed by atoms with Crippen LogP contribution in [0.15, 0.2) is 41.3 Å². The number of carbonyl (C=O) groups is 1. The monoisotopic (exact) mass is 551 g/mol. The Bertz CT molecular complexity index is 1620. The van der Waals surface area contributed by atoms with Crippen LogP contribution in [0.4, 0.5) is 0 Å². The maximum atomic E-state index is 13.4. The summed E-state index contributed by atoms with van der Waals surface area (Å²) in [5.74, 6) is -0.521. The molecule has 1 aliphatic heterocycles. The molecule has 0 spiro atoms. The number of piperazine rings is 1. The predicted octanol–water partition coefficient (Wildman–Crippen LogP) is 0.619. The van der Waals surface area contributed by atoms with Gasteiger partial charge in [0.15, 0.2) is 0 Å². The number of aromatic nitrogens is 3. The Hall–Kier alpha value is -3.86. The number of nitrogens with one attached hydrogen (secondary N) is 1. The third-order valence-corrected chi connectivity index (χ3v) is 10.1.